The van der Waals surface area contributed by atoms with Gasteiger partial charge >= 0.3 is 0 Å². The summed E-state index contributed by atoms with van der Waals surface area (Å²) in [5.74, 6) is 2.60. The van der Waals surface area contributed by atoms with Gasteiger partial charge in [0.2, 0.25) is 5.82 Å². The quantitative estimate of drug-likeness (QED) is 0.348. The number of pyridine rings is 1. The Morgan fingerprint density at radius 3 is 2.53 bits per heavy atom. The van der Waals surface area contributed by atoms with Crippen molar-refractivity contribution in [2.75, 3.05) is 0 Å². The smallest absolute Gasteiger partial charge is 0.206 e. The Balaban J connectivity index is 1.53. The summed E-state index contributed by atoms with van der Waals surface area (Å²) in [7, 11) is 0. The fourth-order valence-corrected chi connectivity index (χ4v) is 3.74. The van der Waals surface area contributed by atoms with Crippen LogP contribution in [0.25, 0.3) is 22.6 Å². The fourth-order valence-electron chi connectivity index (χ4n) is 3.74. The third-order valence-corrected chi connectivity index (χ3v) is 5.50. The number of hydrogen-bond acceptors (Lipinski definition) is 6. The number of hydrogen-bond donors (Lipinski definition) is 1. The van der Waals surface area contributed by atoms with Gasteiger partial charge in [-0.05, 0) is 35.8 Å². The molecule has 0 spiro atoms. The van der Waals surface area contributed by atoms with Gasteiger partial charge in [-0.2, -0.15) is 10.3 Å². The van der Waals surface area contributed by atoms with Crippen molar-refractivity contribution in [1.29, 1.82) is 0 Å². The third-order valence-electron chi connectivity index (χ3n) is 5.50. The van der Waals surface area contributed by atoms with Crippen LogP contribution in [0.5, 0.6) is 0 Å². The lowest BCUT2D eigenvalue weighted by molar-refractivity contribution is 0.610. The minimum atomic E-state index is 0.538. The predicted molar refractivity (Wildman–Crippen MR) is 124 cm³/mol. The molecule has 1 aromatic carbocycles. The molecular weight excluding hydrogens is 400 g/mol. The summed E-state index contributed by atoms with van der Waals surface area (Å²) in [5, 5.41) is 19.2. The van der Waals surface area contributed by atoms with Crippen LogP contribution in [0.4, 0.5) is 0 Å². The number of aryl methyl sites for hydroxylation is 2. The van der Waals surface area contributed by atoms with E-state index in [9.17, 15) is 0 Å². The van der Waals surface area contributed by atoms with Gasteiger partial charge in [-0.3, -0.25) is 4.98 Å². The van der Waals surface area contributed by atoms with Crippen molar-refractivity contribution in [2.24, 2.45) is 0 Å². The molecule has 0 saturated heterocycles. The molecule has 3 aromatic heterocycles. The maximum Gasteiger partial charge on any atom is 0.206 e. The molecule has 1 N–H and O–H groups in total. The van der Waals surface area contributed by atoms with Gasteiger partial charge in [0.15, 0.2) is 5.82 Å². The van der Waals surface area contributed by atoms with E-state index in [2.05, 4.69) is 68.4 Å². The topological polar surface area (TPSA) is 98.1 Å². The van der Waals surface area contributed by atoms with Gasteiger partial charge in [-0.25, -0.2) is 9.67 Å². The molecule has 8 nitrogen and oxygen atoms in total. The van der Waals surface area contributed by atoms with E-state index in [0.717, 1.165) is 67.1 Å². The zero-order valence-electron chi connectivity index (χ0n) is 18.8. The second-order valence-electron chi connectivity index (χ2n) is 7.99. The Morgan fingerprint density at radius 2 is 1.78 bits per heavy atom. The van der Waals surface area contributed by atoms with Crippen LogP contribution in [0, 0.1) is 0 Å². The number of rotatable bonds is 11. The summed E-state index contributed by atoms with van der Waals surface area (Å²) in [4.78, 5) is 9.40. The average Bonchev–Trinajstić information content (AvgIpc) is 3.49. The molecule has 32 heavy (non-hydrogen) atoms. The molecule has 0 aliphatic carbocycles. The minimum absolute atomic E-state index is 0.538. The van der Waals surface area contributed by atoms with E-state index in [1.165, 1.54) is 18.4 Å². The highest BCUT2D eigenvalue weighted by molar-refractivity contribution is 5.76. The van der Waals surface area contributed by atoms with Gasteiger partial charge in [0.05, 0.1) is 12.2 Å². The van der Waals surface area contributed by atoms with Gasteiger partial charge in [0, 0.05) is 30.2 Å². The molecule has 0 bridgehead atoms. The Morgan fingerprint density at radius 1 is 0.938 bits per heavy atom. The number of tetrazole rings is 1. The average molecular weight is 431 g/mol. The molecule has 0 aliphatic rings. The highest BCUT2D eigenvalue weighted by Gasteiger charge is 2.13. The first-order valence-corrected chi connectivity index (χ1v) is 11.5. The molecular formula is C24H30N8. The van der Waals surface area contributed by atoms with E-state index < -0.39 is 0 Å². The summed E-state index contributed by atoms with van der Waals surface area (Å²) in [5.41, 5.74) is 3.89. The zero-order chi connectivity index (χ0) is 22.2. The first-order valence-electron chi connectivity index (χ1n) is 11.5. The predicted octanol–water partition coefficient (Wildman–Crippen LogP) is 4.64. The van der Waals surface area contributed by atoms with Gasteiger partial charge in [0.1, 0.15) is 5.82 Å². The van der Waals surface area contributed by atoms with Crippen LogP contribution < -0.4 is 0 Å². The molecule has 0 unspecified atom stereocenters. The zero-order valence-corrected chi connectivity index (χ0v) is 18.8. The summed E-state index contributed by atoms with van der Waals surface area (Å²) < 4.78 is 2.08. The molecule has 4 aromatic rings. The molecule has 0 atom stereocenters. The van der Waals surface area contributed by atoms with Crippen molar-refractivity contribution >= 4 is 0 Å². The van der Waals surface area contributed by atoms with Crippen LogP contribution in [0.1, 0.15) is 63.2 Å². The number of H-pyrrole nitrogens is 1. The summed E-state index contributed by atoms with van der Waals surface area (Å²) in [6.07, 6.45) is 9.57. The van der Waals surface area contributed by atoms with Crippen LogP contribution in [0.3, 0.4) is 0 Å². The summed E-state index contributed by atoms with van der Waals surface area (Å²) in [6, 6.07) is 12.3. The number of nitrogens with one attached hydrogen (secondary N) is 1. The van der Waals surface area contributed by atoms with Crippen molar-refractivity contribution in [3.8, 4) is 22.6 Å². The Bertz CT molecular complexity index is 1100. The maximum atomic E-state index is 4.84. The monoisotopic (exact) mass is 430 g/mol. The van der Waals surface area contributed by atoms with E-state index in [1.807, 2.05) is 12.1 Å². The normalized spacial score (nSPS) is 11.2. The van der Waals surface area contributed by atoms with Crippen LogP contribution in [-0.2, 0) is 19.4 Å². The minimum Gasteiger partial charge on any atom is -0.255 e. The molecule has 0 aliphatic heterocycles. The van der Waals surface area contributed by atoms with Crippen LogP contribution in [0.15, 0.2) is 42.6 Å². The molecule has 4 rings (SSSR count). The lowest BCUT2D eigenvalue weighted by Crippen LogP contribution is -2.07. The van der Waals surface area contributed by atoms with E-state index in [1.54, 1.807) is 6.20 Å². The van der Waals surface area contributed by atoms with Gasteiger partial charge in [0.25, 0.3) is 0 Å². The summed E-state index contributed by atoms with van der Waals surface area (Å²) in [6.45, 7) is 5.15. The highest BCUT2D eigenvalue weighted by Crippen LogP contribution is 2.27. The van der Waals surface area contributed by atoms with Crippen molar-refractivity contribution in [1.82, 2.24) is 40.4 Å². The Kier molecular flexibility index (Phi) is 7.32. The number of unbranched alkanes of at least 4 members (excludes halogenated alkanes) is 3. The van der Waals surface area contributed by atoms with Crippen molar-refractivity contribution < 1.29 is 0 Å². The molecule has 8 heteroatoms. The fraction of sp³-hybridized carbons (Fsp3) is 0.417. The second kappa shape index (κ2) is 10.7. The van der Waals surface area contributed by atoms with Crippen LogP contribution in [-0.4, -0.2) is 40.4 Å². The second-order valence-corrected chi connectivity index (χ2v) is 7.99. The molecule has 0 saturated carbocycles. The lowest BCUT2D eigenvalue weighted by atomic mass is 10.0. The number of nitrogens with zero attached hydrogens (tertiary/aromatic N) is 7. The molecule has 0 amide bonds. The van der Waals surface area contributed by atoms with Crippen molar-refractivity contribution in [3.05, 3.63) is 59.8 Å². The van der Waals surface area contributed by atoms with E-state index in [-0.39, 0.29) is 0 Å². The van der Waals surface area contributed by atoms with Crippen LogP contribution >= 0.6 is 0 Å². The highest BCUT2D eigenvalue weighted by atomic mass is 15.5. The molecule has 3 heterocycles. The largest absolute Gasteiger partial charge is 0.255 e. The Hall–Kier alpha value is -3.42. The molecule has 166 valence electrons. The number of aromatic nitrogens is 8. The molecule has 0 fully saturated rings. The van der Waals surface area contributed by atoms with Gasteiger partial charge < -0.3 is 0 Å². The van der Waals surface area contributed by atoms with Gasteiger partial charge in [-0.1, -0.05) is 57.4 Å². The van der Waals surface area contributed by atoms with E-state index in [0.29, 0.717) is 5.82 Å². The third kappa shape index (κ3) is 5.25. The SMILES string of the molecule is CCCCCc1nc(CCCC)n(Cc2ccc(-c3ncccc3-c3nn[nH]n3)cc2)n1. The summed E-state index contributed by atoms with van der Waals surface area (Å²) >= 11 is 0. The number of aromatic amines is 1. The number of benzene rings is 1. The first-order chi connectivity index (χ1) is 15.8. The van der Waals surface area contributed by atoms with Crippen molar-refractivity contribution in [3.63, 3.8) is 0 Å². The molecule has 0 radical (unpaired) electrons. The standard InChI is InChI=1S/C24H30N8/c1-3-5-7-10-21-26-22(11-6-4-2)32(29-21)17-18-12-14-19(15-13-18)23-20(9-8-16-25-23)24-27-30-31-28-24/h8-9,12-16H,3-7,10-11,17H2,1-2H3,(H,27,28,30,31). The van der Waals surface area contributed by atoms with Gasteiger partial charge in [-0.15, -0.1) is 10.2 Å². The maximum absolute atomic E-state index is 4.84. The van der Waals surface area contributed by atoms with E-state index in [4.69, 9.17) is 10.1 Å². The van der Waals surface area contributed by atoms with Crippen LogP contribution in [0.2, 0.25) is 0 Å². The van der Waals surface area contributed by atoms with Crippen molar-refractivity contribution in [2.45, 2.75) is 65.3 Å². The lowest BCUT2D eigenvalue weighted by Gasteiger charge is -2.08. The Labute approximate surface area is 188 Å². The van der Waals surface area contributed by atoms with E-state index >= 15 is 0 Å². The first kappa shape index (κ1) is 21.8.